The molecule has 1 saturated carbocycles. The van der Waals surface area contributed by atoms with E-state index in [2.05, 4.69) is 4.90 Å². The number of carboxylic acid groups (broad SMARTS) is 1. The molecule has 4 rings (SSSR count). The number of aromatic hydroxyl groups is 2. The van der Waals surface area contributed by atoms with Crippen LogP contribution in [0.25, 0.3) is 0 Å². The lowest BCUT2D eigenvalue weighted by Crippen LogP contribution is -2.32. The van der Waals surface area contributed by atoms with Crippen LogP contribution in [-0.4, -0.2) is 43.9 Å². The summed E-state index contributed by atoms with van der Waals surface area (Å²) >= 11 is 12.3. The quantitative estimate of drug-likeness (QED) is 0.268. The molecule has 1 aliphatic rings. The number of halogens is 3. The molecule has 1 aromatic heterocycles. The standard InChI is InChI=1S/C26H27Cl2FN2O5/c27-19-5-4-18(12-21(19)29)22(13-26(34)35)30(14-16-1-2-16)15-17-3-6-23(20(28)11-17)36-10-9-31-24(32)7-8-25(31)33/h3-8,11-12,16,22,32-33H,1-2,9-10,13-15H2,(H,34,35)/t22-/m0/s1. The van der Waals surface area contributed by atoms with E-state index < -0.39 is 17.8 Å². The number of carbonyl (C=O) groups is 1. The van der Waals surface area contributed by atoms with Gasteiger partial charge in [-0.2, -0.15) is 0 Å². The van der Waals surface area contributed by atoms with Crippen LogP contribution in [0.4, 0.5) is 4.39 Å². The summed E-state index contributed by atoms with van der Waals surface area (Å²) in [5.41, 5.74) is 1.42. The molecule has 0 amide bonds. The van der Waals surface area contributed by atoms with Gasteiger partial charge in [0.05, 0.1) is 23.0 Å². The van der Waals surface area contributed by atoms with Crippen LogP contribution in [0.5, 0.6) is 17.5 Å². The Hall–Kier alpha value is -2.94. The number of aliphatic carboxylic acids is 1. The van der Waals surface area contributed by atoms with Crippen molar-refractivity contribution in [3.8, 4) is 17.5 Å². The summed E-state index contributed by atoms with van der Waals surface area (Å²) < 4.78 is 21.3. The number of rotatable bonds is 12. The van der Waals surface area contributed by atoms with E-state index in [-0.39, 0.29) is 36.4 Å². The Kier molecular flexibility index (Phi) is 8.28. The fourth-order valence-corrected chi connectivity index (χ4v) is 4.57. The first kappa shape index (κ1) is 26.1. The minimum absolute atomic E-state index is 0.00820. The molecule has 0 bridgehead atoms. The molecule has 0 unspecified atom stereocenters. The topological polar surface area (TPSA) is 95.2 Å². The Bertz CT molecular complexity index is 1210. The number of carboxylic acids is 1. The zero-order valence-corrected chi connectivity index (χ0v) is 20.9. The van der Waals surface area contributed by atoms with Gasteiger partial charge in [-0.3, -0.25) is 14.3 Å². The highest BCUT2D eigenvalue weighted by Gasteiger charge is 2.31. The number of hydrogen-bond acceptors (Lipinski definition) is 5. The van der Waals surface area contributed by atoms with E-state index >= 15 is 0 Å². The highest BCUT2D eigenvalue weighted by Crippen LogP contribution is 2.36. The van der Waals surface area contributed by atoms with E-state index in [1.54, 1.807) is 18.2 Å². The van der Waals surface area contributed by atoms with Gasteiger partial charge in [0, 0.05) is 31.3 Å². The summed E-state index contributed by atoms with van der Waals surface area (Å²) in [6, 6.07) is 12.0. The summed E-state index contributed by atoms with van der Waals surface area (Å²) in [7, 11) is 0. The van der Waals surface area contributed by atoms with Crippen molar-refractivity contribution in [2.45, 2.75) is 38.4 Å². The SMILES string of the molecule is O=C(O)C[C@@H](c1ccc(Cl)c(F)c1)N(Cc1ccc(OCCn2c(O)ccc2O)c(Cl)c1)CC1CC1. The van der Waals surface area contributed by atoms with Crippen LogP contribution in [0.1, 0.15) is 36.4 Å². The molecule has 2 aromatic carbocycles. The van der Waals surface area contributed by atoms with E-state index in [9.17, 15) is 24.5 Å². The summed E-state index contributed by atoms with van der Waals surface area (Å²) in [5.74, 6) is -0.769. The Morgan fingerprint density at radius 1 is 1.08 bits per heavy atom. The van der Waals surface area contributed by atoms with E-state index in [1.807, 2.05) is 6.07 Å². The van der Waals surface area contributed by atoms with Gasteiger partial charge in [0.15, 0.2) is 11.8 Å². The van der Waals surface area contributed by atoms with E-state index in [0.717, 1.165) is 18.4 Å². The second-order valence-corrected chi connectivity index (χ2v) is 9.79. The third-order valence-electron chi connectivity index (χ3n) is 6.22. The molecule has 0 saturated heterocycles. The lowest BCUT2D eigenvalue weighted by molar-refractivity contribution is -0.138. The molecule has 1 heterocycles. The van der Waals surface area contributed by atoms with Gasteiger partial charge in [-0.1, -0.05) is 35.3 Å². The highest BCUT2D eigenvalue weighted by molar-refractivity contribution is 6.32. The van der Waals surface area contributed by atoms with Crippen molar-refractivity contribution in [3.05, 3.63) is 75.5 Å². The molecular formula is C26H27Cl2FN2O5. The summed E-state index contributed by atoms with van der Waals surface area (Å²) in [6.45, 7) is 1.50. The molecule has 1 aliphatic carbocycles. The van der Waals surface area contributed by atoms with Crippen LogP contribution in [0, 0.1) is 11.7 Å². The second-order valence-electron chi connectivity index (χ2n) is 8.97. The molecule has 1 atom stereocenters. The van der Waals surface area contributed by atoms with Gasteiger partial charge in [-0.15, -0.1) is 0 Å². The van der Waals surface area contributed by atoms with Crippen molar-refractivity contribution in [1.82, 2.24) is 9.47 Å². The van der Waals surface area contributed by atoms with Gasteiger partial charge in [0.2, 0.25) is 0 Å². The largest absolute Gasteiger partial charge is 0.494 e. The van der Waals surface area contributed by atoms with Crippen molar-refractivity contribution in [2.75, 3.05) is 13.2 Å². The van der Waals surface area contributed by atoms with Crippen molar-refractivity contribution in [2.24, 2.45) is 5.92 Å². The monoisotopic (exact) mass is 536 g/mol. The minimum atomic E-state index is -0.974. The predicted molar refractivity (Wildman–Crippen MR) is 134 cm³/mol. The maximum absolute atomic E-state index is 14.2. The maximum Gasteiger partial charge on any atom is 0.305 e. The number of hydrogen-bond donors (Lipinski definition) is 3. The fourth-order valence-electron chi connectivity index (χ4n) is 4.19. The normalized spacial score (nSPS) is 14.2. The summed E-state index contributed by atoms with van der Waals surface area (Å²) in [4.78, 5) is 13.8. The third kappa shape index (κ3) is 6.63. The summed E-state index contributed by atoms with van der Waals surface area (Å²) in [5, 5.41) is 29.4. The average Bonchev–Trinajstić information content (AvgIpc) is 3.59. The number of aromatic nitrogens is 1. The smallest absolute Gasteiger partial charge is 0.305 e. The van der Waals surface area contributed by atoms with E-state index in [4.69, 9.17) is 27.9 Å². The molecule has 1 fully saturated rings. The van der Waals surface area contributed by atoms with Crippen molar-refractivity contribution < 1.29 is 29.2 Å². The van der Waals surface area contributed by atoms with Crippen molar-refractivity contribution in [1.29, 1.82) is 0 Å². The van der Waals surface area contributed by atoms with E-state index in [1.165, 1.54) is 28.8 Å². The molecule has 7 nitrogen and oxygen atoms in total. The molecular weight excluding hydrogens is 510 g/mol. The molecule has 0 spiro atoms. The lowest BCUT2D eigenvalue weighted by Gasteiger charge is -2.32. The van der Waals surface area contributed by atoms with Crippen LogP contribution in [0.2, 0.25) is 10.0 Å². The third-order valence-corrected chi connectivity index (χ3v) is 6.82. The Balaban J connectivity index is 1.49. The van der Waals surface area contributed by atoms with Gasteiger partial charge < -0.3 is 20.1 Å². The molecule has 3 N–H and O–H groups in total. The van der Waals surface area contributed by atoms with Crippen LogP contribution in [0.3, 0.4) is 0 Å². The Morgan fingerprint density at radius 2 is 1.81 bits per heavy atom. The first-order valence-corrected chi connectivity index (χ1v) is 12.4. The van der Waals surface area contributed by atoms with Gasteiger partial charge in [-0.25, -0.2) is 4.39 Å². The van der Waals surface area contributed by atoms with Crippen LogP contribution in [-0.2, 0) is 17.9 Å². The van der Waals surface area contributed by atoms with Crippen LogP contribution >= 0.6 is 23.2 Å². The van der Waals surface area contributed by atoms with Crippen LogP contribution in [0.15, 0.2) is 48.5 Å². The van der Waals surface area contributed by atoms with Crippen LogP contribution < -0.4 is 4.74 Å². The van der Waals surface area contributed by atoms with E-state index in [0.29, 0.717) is 35.3 Å². The minimum Gasteiger partial charge on any atom is -0.494 e. The molecule has 10 heteroatoms. The molecule has 192 valence electrons. The Morgan fingerprint density at radius 3 is 2.42 bits per heavy atom. The fraction of sp³-hybridized carbons (Fsp3) is 0.346. The van der Waals surface area contributed by atoms with Crippen molar-refractivity contribution >= 4 is 29.2 Å². The first-order chi connectivity index (χ1) is 17.2. The lowest BCUT2D eigenvalue weighted by atomic mass is 10.00. The zero-order valence-electron chi connectivity index (χ0n) is 19.4. The van der Waals surface area contributed by atoms with Crippen molar-refractivity contribution in [3.63, 3.8) is 0 Å². The Labute approximate surface area is 218 Å². The molecule has 36 heavy (non-hydrogen) atoms. The number of benzene rings is 2. The van der Waals surface area contributed by atoms with Gasteiger partial charge >= 0.3 is 5.97 Å². The van der Waals surface area contributed by atoms with Gasteiger partial charge in [0.1, 0.15) is 18.2 Å². The maximum atomic E-state index is 14.2. The molecule has 0 radical (unpaired) electrons. The number of ether oxygens (including phenoxy) is 1. The van der Waals surface area contributed by atoms with Gasteiger partial charge in [-0.05, 0) is 54.2 Å². The second kappa shape index (κ2) is 11.4. The molecule has 3 aromatic rings. The predicted octanol–water partition coefficient (Wildman–Crippen LogP) is 5.85. The summed E-state index contributed by atoms with van der Waals surface area (Å²) in [6.07, 6.45) is 1.97. The average molecular weight is 537 g/mol. The molecule has 0 aliphatic heterocycles. The highest BCUT2D eigenvalue weighted by atomic mass is 35.5. The zero-order chi connectivity index (χ0) is 25.8. The first-order valence-electron chi connectivity index (χ1n) is 11.6. The van der Waals surface area contributed by atoms with Gasteiger partial charge in [0.25, 0.3) is 0 Å². The number of nitrogens with zero attached hydrogens (tertiary/aromatic N) is 2.